The normalized spacial score (nSPS) is 20.7. The van der Waals surface area contributed by atoms with Crippen molar-refractivity contribution in [2.75, 3.05) is 19.7 Å². The van der Waals surface area contributed by atoms with Crippen LogP contribution in [0.2, 0.25) is 0 Å². The summed E-state index contributed by atoms with van der Waals surface area (Å²) in [5.74, 6) is 0.690. The molecule has 1 aliphatic heterocycles. The Balaban J connectivity index is 1.73. The van der Waals surface area contributed by atoms with E-state index in [2.05, 4.69) is 26.2 Å². The van der Waals surface area contributed by atoms with E-state index in [1.807, 2.05) is 12.1 Å². The Morgan fingerprint density at radius 2 is 2.53 bits per heavy atom. The summed E-state index contributed by atoms with van der Waals surface area (Å²) in [6.45, 7) is 3.76. The number of hydrogen-bond acceptors (Lipinski definition) is 3. The molecule has 1 fully saturated rings. The SMILES string of the molecule is Brc1cc(COCC2CCNC2)ccn1. The number of hydrogen-bond donors (Lipinski definition) is 1. The maximum atomic E-state index is 5.67. The minimum absolute atomic E-state index is 0.678. The van der Waals surface area contributed by atoms with Crippen LogP contribution in [0.15, 0.2) is 22.9 Å². The predicted molar refractivity (Wildman–Crippen MR) is 62.6 cm³/mol. The fourth-order valence-corrected chi connectivity index (χ4v) is 2.14. The molecular formula is C11H15BrN2O. The summed E-state index contributed by atoms with van der Waals surface area (Å²) < 4.78 is 6.54. The summed E-state index contributed by atoms with van der Waals surface area (Å²) in [5, 5.41) is 3.33. The van der Waals surface area contributed by atoms with E-state index in [4.69, 9.17) is 4.74 Å². The van der Waals surface area contributed by atoms with Crippen molar-refractivity contribution in [1.82, 2.24) is 10.3 Å². The van der Waals surface area contributed by atoms with Gasteiger partial charge in [0.1, 0.15) is 4.60 Å². The molecule has 0 spiro atoms. The molecular weight excluding hydrogens is 256 g/mol. The Morgan fingerprint density at radius 1 is 1.60 bits per heavy atom. The van der Waals surface area contributed by atoms with E-state index in [1.165, 1.54) is 12.0 Å². The van der Waals surface area contributed by atoms with Crippen molar-refractivity contribution in [2.24, 2.45) is 5.92 Å². The Labute approximate surface area is 98.4 Å². The van der Waals surface area contributed by atoms with Gasteiger partial charge in [0.05, 0.1) is 13.2 Å². The van der Waals surface area contributed by atoms with Gasteiger partial charge in [0, 0.05) is 12.7 Å². The second-order valence-corrected chi connectivity index (χ2v) is 4.67. The first kappa shape index (κ1) is 11.0. The topological polar surface area (TPSA) is 34.1 Å². The lowest BCUT2D eigenvalue weighted by molar-refractivity contribution is 0.0924. The smallest absolute Gasteiger partial charge is 0.106 e. The molecule has 3 nitrogen and oxygen atoms in total. The van der Waals surface area contributed by atoms with Crippen LogP contribution in [0.25, 0.3) is 0 Å². The highest BCUT2D eigenvalue weighted by atomic mass is 79.9. The zero-order valence-electron chi connectivity index (χ0n) is 8.58. The standard InChI is InChI=1S/C11H15BrN2O/c12-11-5-9(2-4-14-11)7-15-8-10-1-3-13-6-10/h2,4-5,10,13H,1,3,6-8H2. The summed E-state index contributed by atoms with van der Waals surface area (Å²) in [5.41, 5.74) is 1.17. The summed E-state index contributed by atoms with van der Waals surface area (Å²) in [6.07, 6.45) is 3.03. The molecule has 1 saturated heterocycles. The molecule has 82 valence electrons. The Hall–Kier alpha value is -0.450. The van der Waals surface area contributed by atoms with Gasteiger partial charge in [0.15, 0.2) is 0 Å². The number of ether oxygens (including phenoxy) is 1. The monoisotopic (exact) mass is 270 g/mol. The second kappa shape index (κ2) is 5.58. The van der Waals surface area contributed by atoms with Crippen LogP contribution < -0.4 is 5.32 Å². The predicted octanol–water partition coefficient (Wildman–Crippen LogP) is 1.97. The van der Waals surface area contributed by atoms with Gasteiger partial charge in [-0.1, -0.05) is 0 Å². The third-order valence-electron chi connectivity index (χ3n) is 2.58. The quantitative estimate of drug-likeness (QED) is 0.850. The minimum atomic E-state index is 0.678. The second-order valence-electron chi connectivity index (χ2n) is 3.86. The van der Waals surface area contributed by atoms with Crippen molar-refractivity contribution < 1.29 is 4.74 Å². The zero-order chi connectivity index (χ0) is 10.5. The molecule has 2 rings (SSSR count). The molecule has 0 radical (unpaired) electrons. The van der Waals surface area contributed by atoms with Gasteiger partial charge in [-0.15, -0.1) is 0 Å². The van der Waals surface area contributed by atoms with Crippen LogP contribution in [0, 0.1) is 5.92 Å². The highest BCUT2D eigenvalue weighted by molar-refractivity contribution is 9.10. The number of nitrogens with zero attached hydrogens (tertiary/aromatic N) is 1. The van der Waals surface area contributed by atoms with Crippen LogP contribution in [0.4, 0.5) is 0 Å². The van der Waals surface area contributed by atoms with Crippen molar-refractivity contribution in [1.29, 1.82) is 0 Å². The molecule has 4 heteroatoms. The highest BCUT2D eigenvalue weighted by Crippen LogP contribution is 2.11. The Bertz CT molecular complexity index is 313. The van der Waals surface area contributed by atoms with Crippen LogP contribution >= 0.6 is 15.9 Å². The molecule has 2 heterocycles. The first-order chi connectivity index (χ1) is 7.34. The molecule has 0 saturated carbocycles. The van der Waals surface area contributed by atoms with Crippen LogP contribution in [0.5, 0.6) is 0 Å². The molecule has 15 heavy (non-hydrogen) atoms. The summed E-state index contributed by atoms with van der Waals surface area (Å²) >= 11 is 3.34. The number of halogens is 1. The van der Waals surface area contributed by atoms with Gasteiger partial charge in [-0.2, -0.15) is 0 Å². The molecule has 1 aliphatic rings. The van der Waals surface area contributed by atoms with Gasteiger partial charge in [0.2, 0.25) is 0 Å². The van der Waals surface area contributed by atoms with Gasteiger partial charge in [-0.25, -0.2) is 4.98 Å². The van der Waals surface area contributed by atoms with Crippen LogP contribution in [-0.4, -0.2) is 24.7 Å². The van der Waals surface area contributed by atoms with Crippen LogP contribution in [-0.2, 0) is 11.3 Å². The van der Waals surface area contributed by atoms with Crippen LogP contribution in [0.1, 0.15) is 12.0 Å². The first-order valence-electron chi connectivity index (χ1n) is 5.23. The number of rotatable bonds is 4. The molecule has 1 N–H and O–H groups in total. The lowest BCUT2D eigenvalue weighted by Gasteiger charge is -2.09. The van der Waals surface area contributed by atoms with Gasteiger partial charge in [-0.05, 0) is 52.5 Å². The molecule has 0 amide bonds. The third kappa shape index (κ3) is 3.55. The number of aromatic nitrogens is 1. The highest BCUT2D eigenvalue weighted by Gasteiger charge is 2.13. The fraction of sp³-hybridized carbons (Fsp3) is 0.545. The van der Waals surface area contributed by atoms with Crippen molar-refractivity contribution in [3.05, 3.63) is 28.5 Å². The van der Waals surface area contributed by atoms with Crippen molar-refractivity contribution in [3.63, 3.8) is 0 Å². The van der Waals surface area contributed by atoms with Gasteiger partial charge >= 0.3 is 0 Å². The van der Waals surface area contributed by atoms with Crippen molar-refractivity contribution >= 4 is 15.9 Å². The fourth-order valence-electron chi connectivity index (χ4n) is 1.73. The van der Waals surface area contributed by atoms with E-state index in [-0.39, 0.29) is 0 Å². The number of nitrogens with one attached hydrogen (secondary N) is 1. The van der Waals surface area contributed by atoms with E-state index in [9.17, 15) is 0 Å². The molecule has 1 unspecified atom stereocenters. The van der Waals surface area contributed by atoms with E-state index in [0.717, 1.165) is 24.3 Å². The molecule has 0 aliphatic carbocycles. The molecule has 0 aromatic carbocycles. The van der Waals surface area contributed by atoms with Crippen molar-refractivity contribution in [2.45, 2.75) is 13.0 Å². The first-order valence-corrected chi connectivity index (χ1v) is 6.03. The third-order valence-corrected chi connectivity index (χ3v) is 3.01. The average molecular weight is 271 g/mol. The van der Waals surface area contributed by atoms with E-state index in [1.54, 1.807) is 6.20 Å². The van der Waals surface area contributed by atoms with Crippen LogP contribution in [0.3, 0.4) is 0 Å². The lowest BCUT2D eigenvalue weighted by atomic mass is 10.1. The Kier molecular flexibility index (Phi) is 4.11. The molecule has 1 atom stereocenters. The minimum Gasteiger partial charge on any atom is -0.376 e. The molecule has 1 aromatic rings. The summed E-state index contributed by atoms with van der Waals surface area (Å²) in [7, 11) is 0. The molecule has 1 aromatic heterocycles. The maximum Gasteiger partial charge on any atom is 0.106 e. The van der Waals surface area contributed by atoms with E-state index >= 15 is 0 Å². The van der Waals surface area contributed by atoms with Gasteiger partial charge < -0.3 is 10.1 Å². The van der Waals surface area contributed by atoms with Crippen molar-refractivity contribution in [3.8, 4) is 0 Å². The van der Waals surface area contributed by atoms with E-state index in [0.29, 0.717) is 12.5 Å². The largest absolute Gasteiger partial charge is 0.376 e. The van der Waals surface area contributed by atoms with E-state index < -0.39 is 0 Å². The van der Waals surface area contributed by atoms with Gasteiger partial charge in [0.25, 0.3) is 0 Å². The zero-order valence-corrected chi connectivity index (χ0v) is 10.2. The Morgan fingerprint density at radius 3 is 3.27 bits per heavy atom. The number of pyridine rings is 1. The maximum absolute atomic E-state index is 5.67. The van der Waals surface area contributed by atoms with Gasteiger partial charge in [-0.3, -0.25) is 0 Å². The summed E-state index contributed by atoms with van der Waals surface area (Å²) in [4.78, 5) is 4.08. The average Bonchev–Trinajstić information content (AvgIpc) is 2.71. The lowest BCUT2D eigenvalue weighted by Crippen LogP contribution is -2.13. The summed E-state index contributed by atoms with van der Waals surface area (Å²) in [6, 6.07) is 3.98. The molecule has 0 bridgehead atoms.